The number of hydrogen-bond acceptors (Lipinski definition) is 5. The third-order valence-electron chi connectivity index (χ3n) is 3.00. The second kappa shape index (κ2) is 5.51. The van der Waals surface area contributed by atoms with Crippen molar-refractivity contribution < 1.29 is 9.53 Å². The van der Waals surface area contributed by atoms with Crippen LogP contribution in [0.15, 0.2) is 12.3 Å². The fourth-order valence-electron chi connectivity index (χ4n) is 1.81. The molecule has 0 radical (unpaired) electrons. The Morgan fingerprint density at radius 2 is 2.33 bits per heavy atom. The molecule has 98 valence electrons. The number of nitrogens with one attached hydrogen (secondary N) is 2. The van der Waals surface area contributed by atoms with E-state index in [0.29, 0.717) is 16.4 Å². The molecule has 0 aliphatic heterocycles. The van der Waals surface area contributed by atoms with E-state index >= 15 is 0 Å². The molecule has 1 fully saturated rings. The van der Waals surface area contributed by atoms with E-state index in [1.54, 1.807) is 7.11 Å². The molecule has 7 heteroatoms. The minimum absolute atomic E-state index is 0.161. The zero-order valence-corrected chi connectivity index (χ0v) is 10.7. The molecule has 18 heavy (non-hydrogen) atoms. The first-order chi connectivity index (χ1) is 8.63. The summed E-state index contributed by atoms with van der Waals surface area (Å²) in [5.74, 6) is 5.36. The van der Waals surface area contributed by atoms with Gasteiger partial charge in [-0.1, -0.05) is 11.6 Å². The summed E-state index contributed by atoms with van der Waals surface area (Å²) >= 11 is 5.90. The van der Waals surface area contributed by atoms with Gasteiger partial charge in [-0.15, -0.1) is 0 Å². The molecule has 1 aromatic rings. The Balaban J connectivity index is 1.95. The van der Waals surface area contributed by atoms with Crippen LogP contribution in [0.1, 0.15) is 23.2 Å². The number of nitrogen functional groups attached to an aromatic ring is 1. The number of nitrogens with zero attached hydrogens (tertiary/aromatic N) is 1. The Hall–Kier alpha value is -1.37. The predicted molar refractivity (Wildman–Crippen MR) is 68.3 cm³/mol. The van der Waals surface area contributed by atoms with Crippen molar-refractivity contribution in [2.45, 2.75) is 25.0 Å². The molecule has 0 unspecified atom stereocenters. The van der Waals surface area contributed by atoms with Crippen molar-refractivity contribution in [1.29, 1.82) is 0 Å². The molecule has 2 rings (SSSR count). The van der Waals surface area contributed by atoms with E-state index in [4.69, 9.17) is 22.2 Å². The molecule has 1 aromatic heterocycles. The minimum Gasteiger partial charge on any atom is -0.381 e. The third-order valence-corrected chi connectivity index (χ3v) is 3.29. The van der Waals surface area contributed by atoms with Crippen molar-refractivity contribution in [1.82, 2.24) is 10.3 Å². The van der Waals surface area contributed by atoms with E-state index in [-0.39, 0.29) is 18.1 Å². The summed E-state index contributed by atoms with van der Waals surface area (Å²) in [7, 11) is 1.67. The molecular formula is C11H15ClN4O2. The average molecular weight is 271 g/mol. The fourth-order valence-corrected chi connectivity index (χ4v) is 2.03. The number of pyridine rings is 1. The number of anilines is 1. The van der Waals surface area contributed by atoms with Crippen LogP contribution in [0, 0.1) is 0 Å². The topological polar surface area (TPSA) is 89.3 Å². The SMILES string of the molecule is COC1CC(NC(=O)c2cnc(NN)c(Cl)c2)C1. The molecule has 0 aromatic carbocycles. The van der Waals surface area contributed by atoms with E-state index in [9.17, 15) is 4.79 Å². The lowest BCUT2D eigenvalue weighted by atomic mass is 9.89. The third kappa shape index (κ3) is 2.72. The van der Waals surface area contributed by atoms with Crippen LogP contribution >= 0.6 is 11.6 Å². The molecule has 0 spiro atoms. The highest BCUT2D eigenvalue weighted by Crippen LogP contribution is 2.23. The number of hydrazine groups is 1. The van der Waals surface area contributed by atoms with E-state index in [1.165, 1.54) is 12.3 Å². The van der Waals surface area contributed by atoms with Gasteiger partial charge in [-0.05, 0) is 18.9 Å². The van der Waals surface area contributed by atoms with Crippen LogP contribution in [-0.4, -0.2) is 30.1 Å². The highest BCUT2D eigenvalue weighted by molar-refractivity contribution is 6.33. The van der Waals surface area contributed by atoms with Crippen LogP contribution in [-0.2, 0) is 4.74 Å². The first-order valence-electron chi connectivity index (χ1n) is 5.60. The Morgan fingerprint density at radius 3 is 2.89 bits per heavy atom. The van der Waals surface area contributed by atoms with E-state index in [0.717, 1.165) is 12.8 Å². The van der Waals surface area contributed by atoms with Gasteiger partial charge < -0.3 is 15.5 Å². The number of halogens is 1. The molecule has 1 aliphatic carbocycles. The number of aromatic nitrogens is 1. The molecule has 1 aliphatic rings. The second-order valence-corrected chi connectivity index (χ2v) is 4.61. The van der Waals surface area contributed by atoms with Gasteiger partial charge in [0.2, 0.25) is 0 Å². The lowest BCUT2D eigenvalue weighted by molar-refractivity contribution is 0.0176. The highest BCUT2D eigenvalue weighted by atomic mass is 35.5. The summed E-state index contributed by atoms with van der Waals surface area (Å²) in [4.78, 5) is 15.8. The zero-order chi connectivity index (χ0) is 13.1. The summed E-state index contributed by atoms with van der Waals surface area (Å²) in [6.45, 7) is 0. The maximum atomic E-state index is 11.9. The number of rotatable bonds is 4. The number of carbonyl (C=O) groups is 1. The first-order valence-corrected chi connectivity index (χ1v) is 5.97. The molecule has 0 atom stereocenters. The molecule has 1 amide bonds. The summed E-state index contributed by atoms with van der Waals surface area (Å²) < 4.78 is 5.15. The summed E-state index contributed by atoms with van der Waals surface area (Å²) in [5, 5.41) is 3.21. The monoisotopic (exact) mass is 270 g/mol. The van der Waals surface area contributed by atoms with Gasteiger partial charge >= 0.3 is 0 Å². The average Bonchev–Trinajstić information content (AvgIpc) is 2.32. The Bertz CT molecular complexity index is 449. The van der Waals surface area contributed by atoms with Crippen molar-refractivity contribution in [3.63, 3.8) is 0 Å². The van der Waals surface area contributed by atoms with Crippen molar-refractivity contribution in [2.24, 2.45) is 5.84 Å². The highest BCUT2D eigenvalue weighted by Gasteiger charge is 2.30. The van der Waals surface area contributed by atoms with Crippen LogP contribution in [0.2, 0.25) is 5.02 Å². The van der Waals surface area contributed by atoms with Crippen molar-refractivity contribution >= 4 is 23.3 Å². The van der Waals surface area contributed by atoms with Crippen LogP contribution in [0.4, 0.5) is 5.82 Å². The summed E-state index contributed by atoms with van der Waals surface area (Å²) in [5.41, 5.74) is 2.76. The fraction of sp³-hybridized carbons (Fsp3) is 0.455. The lowest BCUT2D eigenvalue weighted by Gasteiger charge is -2.34. The quantitative estimate of drug-likeness (QED) is 0.559. The number of nitrogens with two attached hydrogens (primary N) is 1. The summed E-state index contributed by atoms with van der Waals surface area (Å²) in [6.07, 6.45) is 3.36. The predicted octanol–water partition coefficient (Wildman–Crippen LogP) is 0.928. The maximum Gasteiger partial charge on any atom is 0.253 e. The standard InChI is InChI=1S/C11H15ClN4O2/c1-18-8-3-7(4-8)15-11(17)6-2-9(12)10(16-13)14-5-6/h2,5,7-8H,3-4,13H2,1H3,(H,14,16)(H,15,17). The van der Waals surface area contributed by atoms with Gasteiger partial charge in [-0.25, -0.2) is 10.8 Å². The van der Waals surface area contributed by atoms with Gasteiger partial charge in [0.1, 0.15) is 0 Å². The van der Waals surface area contributed by atoms with Crippen LogP contribution in [0.5, 0.6) is 0 Å². The molecule has 0 bridgehead atoms. The van der Waals surface area contributed by atoms with Crippen molar-refractivity contribution in [2.75, 3.05) is 12.5 Å². The normalized spacial score (nSPS) is 22.2. The van der Waals surface area contributed by atoms with Crippen molar-refractivity contribution in [3.05, 3.63) is 22.8 Å². The molecule has 1 saturated carbocycles. The smallest absolute Gasteiger partial charge is 0.253 e. The van der Waals surface area contributed by atoms with Gasteiger partial charge in [-0.2, -0.15) is 0 Å². The number of methoxy groups -OCH3 is 1. The number of hydrogen-bond donors (Lipinski definition) is 3. The Kier molecular flexibility index (Phi) is 4.00. The number of amides is 1. The largest absolute Gasteiger partial charge is 0.381 e. The lowest BCUT2D eigenvalue weighted by Crippen LogP contribution is -2.47. The molecule has 6 nitrogen and oxygen atoms in total. The van der Waals surface area contributed by atoms with Crippen LogP contribution < -0.4 is 16.6 Å². The number of carbonyl (C=O) groups excluding carboxylic acids is 1. The Labute approximate surface area is 110 Å². The van der Waals surface area contributed by atoms with Crippen molar-refractivity contribution in [3.8, 4) is 0 Å². The van der Waals surface area contributed by atoms with Crippen LogP contribution in [0.3, 0.4) is 0 Å². The van der Waals surface area contributed by atoms with Gasteiger partial charge in [0, 0.05) is 19.3 Å². The number of ether oxygens (including phenoxy) is 1. The maximum absolute atomic E-state index is 11.9. The van der Waals surface area contributed by atoms with Gasteiger partial charge in [0.05, 0.1) is 16.7 Å². The second-order valence-electron chi connectivity index (χ2n) is 4.20. The van der Waals surface area contributed by atoms with Gasteiger partial charge in [0.25, 0.3) is 5.91 Å². The summed E-state index contributed by atoms with van der Waals surface area (Å²) in [6, 6.07) is 1.69. The van der Waals surface area contributed by atoms with E-state index < -0.39 is 0 Å². The molecule has 4 N–H and O–H groups in total. The van der Waals surface area contributed by atoms with E-state index in [1.807, 2.05) is 0 Å². The van der Waals surface area contributed by atoms with Crippen LogP contribution in [0.25, 0.3) is 0 Å². The zero-order valence-electron chi connectivity index (χ0n) is 9.94. The van der Waals surface area contributed by atoms with Gasteiger partial charge in [-0.3, -0.25) is 4.79 Å². The molecule has 0 saturated heterocycles. The van der Waals surface area contributed by atoms with E-state index in [2.05, 4.69) is 15.7 Å². The molecular weight excluding hydrogens is 256 g/mol. The minimum atomic E-state index is -0.187. The van der Waals surface area contributed by atoms with Gasteiger partial charge in [0.15, 0.2) is 5.82 Å². The first kappa shape index (κ1) is 13.1. The Morgan fingerprint density at radius 1 is 1.61 bits per heavy atom. The molecule has 1 heterocycles.